The molecule has 132 valence electrons. The Morgan fingerprint density at radius 2 is 1.42 bits per heavy atom. The maximum absolute atomic E-state index is 12.7. The molecule has 0 aliphatic carbocycles. The minimum atomic E-state index is -0.194. The van der Waals surface area contributed by atoms with E-state index in [9.17, 15) is 4.79 Å². The minimum Gasteiger partial charge on any atom is -0.457 e. The van der Waals surface area contributed by atoms with Gasteiger partial charge in [-0.1, -0.05) is 63.2 Å². The zero-order chi connectivity index (χ0) is 18.6. The molecule has 3 nitrogen and oxygen atoms in total. The second-order valence-electron chi connectivity index (χ2n) is 7.19. The van der Waals surface area contributed by atoms with Gasteiger partial charge in [0.2, 0.25) is 0 Å². The molecule has 1 amide bonds. The number of amides is 1. The van der Waals surface area contributed by atoms with Crippen molar-refractivity contribution in [3.05, 3.63) is 90.0 Å². The second-order valence-corrected chi connectivity index (χ2v) is 7.19. The lowest BCUT2D eigenvalue weighted by Crippen LogP contribution is -2.14. The van der Waals surface area contributed by atoms with Gasteiger partial charge in [-0.05, 0) is 47.4 Å². The van der Waals surface area contributed by atoms with Crippen molar-refractivity contribution < 1.29 is 9.53 Å². The Bertz CT molecular complexity index is 878. The third-order valence-electron chi connectivity index (χ3n) is 4.11. The average molecular weight is 345 g/mol. The lowest BCUT2D eigenvalue weighted by Gasteiger charge is -2.19. The Hall–Kier alpha value is -3.07. The van der Waals surface area contributed by atoms with Gasteiger partial charge < -0.3 is 10.1 Å². The van der Waals surface area contributed by atoms with Crippen molar-refractivity contribution in [2.24, 2.45) is 0 Å². The molecule has 0 atom stereocenters. The van der Waals surface area contributed by atoms with Crippen molar-refractivity contribution in [2.75, 3.05) is 5.32 Å². The first-order valence-electron chi connectivity index (χ1n) is 8.67. The highest BCUT2D eigenvalue weighted by atomic mass is 16.5. The summed E-state index contributed by atoms with van der Waals surface area (Å²) in [5.74, 6) is 1.03. The van der Waals surface area contributed by atoms with Crippen molar-refractivity contribution in [3.63, 3.8) is 0 Å². The summed E-state index contributed by atoms with van der Waals surface area (Å²) < 4.78 is 5.87. The summed E-state index contributed by atoms with van der Waals surface area (Å²) in [6, 6.07) is 24.6. The summed E-state index contributed by atoms with van der Waals surface area (Å²) in [4.78, 5) is 12.7. The van der Waals surface area contributed by atoms with Crippen molar-refractivity contribution in [3.8, 4) is 11.5 Å². The summed E-state index contributed by atoms with van der Waals surface area (Å²) in [6.07, 6.45) is 0. The van der Waals surface area contributed by atoms with Crippen LogP contribution in [0.2, 0.25) is 0 Å². The lowest BCUT2D eigenvalue weighted by molar-refractivity contribution is 0.102. The largest absolute Gasteiger partial charge is 0.457 e. The molecule has 0 spiro atoms. The number of hydrogen-bond acceptors (Lipinski definition) is 2. The fourth-order valence-electron chi connectivity index (χ4n) is 2.61. The van der Waals surface area contributed by atoms with E-state index in [1.807, 2.05) is 66.7 Å². The highest BCUT2D eigenvalue weighted by Crippen LogP contribution is 2.27. The Morgan fingerprint density at radius 3 is 2.08 bits per heavy atom. The normalized spacial score (nSPS) is 11.0. The topological polar surface area (TPSA) is 38.3 Å². The van der Waals surface area contributed by atoms with E-state index in [4.69, 9.17) is 4.74 Å². The van der Waals surface area contributed by atoms with Gasteiger partial charge in [0.15, 0.2) is 0 Å². The predicted molar refractivity (Wildman–Crippen MR) is 106 cm³/mol. The maximum Gasteiger partial charge on any atom is 0.259 e. The number of benzene rings is 3. The number of carbonyl (C=O) groups is 1. The van der Waals surface area contributed by atoms with Crippen LogP contribution in [0.1, 0.15) is 36.7 Å². The molecular weight excluding hydrogens is 322 g/mol. The number of para-hydroxylation sites is 2. The molecule has 0 unspecified atom stereocenters. The van der Waals surface area contributed by atoms with Crippen LogP contribution >= 0.6 is 0 Å². The molecule has 3 heteroatoms. The number of ether oxygens (including phenoxy) is 1. The monoisotopic (exact) mass is 345 g/mol. The Morgan fingerprint density at radius 1 is 0.808 bits per heavy atom. The van der Waals surface area contributed by atoms with E-state index >= 15 is 0 Å². The highest BCUT2D eigenvalue weighted by Gasteiger charge is 2.15. The second kappa shape index (κ2) is 7.44. The number of hydrogen-bond donors (Lipinski definition) is 1. The number of rotatable bonds is 4. The summed E-state index contributed by atoms with van der Waals surface area (Å²) in [7, 11) is 0. The zero-order valence-electron chi connectivity index (χ0n) is 15.3. The number of carbonyl (C=O) groups excluding carboxylic acids is 1. The summed E-state index contributed by atoms with van der Waals surface area (Å²) in [5.41, 5.74) is 2.57. The van der Waals surface area contributed by atoms with Crippen LogP contribution in [-0.4, -0.2) is 5.91 Å². The Labute approximate surface area is 154 Å². The molecule has 0 bridgehead atoms. The van der Waals surface area contributed by atoms with Crippen LogP contribution in [0.5, 0.6) is 11.5 Å². The zero-order valence-corrected chi connectivity index (χ0v) is 15.3. The van der Waals surface area contributed by atoms with Gasteiger partial charge in [-0.3, -0.25) is 4.79 Å². The molecule has 0 aromatic heterocycles. The van der Waals surface area contributed by atoms with Crippen LogP contribution in [0.4, 0.5) is 5.69 Å². The van der Waals surface area contributed by atoms with E-state index in [2.05, 4.69) is 26.1 Å². The van der Waals surface area contributed by atoms with Gasteiger partial charge in [0.05, 0.1) is 5.56 Å². The first kappa shape index (κ1) is 17.7. The molecule has 3 aromatic carbocycles. The Kier molecular flexibility index (Phi) is 5.08. The van der Waals surface area contributed by atoms with Crippen LogP contribution in [0.25, 0.3) is 0 Å². The lowest BCUT2D eigenvalue weighted by atomic mass is 9.87. The van der Waals surface area contributed by atoms with Gasteiger partial charge in [0, 0.05) is 5.69 Å². The standard InChI is InChI=1S/C23H23NO2/c1-23(2,3)17-13-15-18(16-14-17)24-22(25)20-11-7-8-12-21(20)26-19-9-5-4-6-10-19/h4-16H,1-3H3,(H,24,25). The molecular formula is C23H23NO2. The van der Waals surface area contributed by atoms with Crippen molar-refractivity contribution in [2.45, 2.75) is 26.2 Å². The molecule has 0 aliphatic heterocycles. The van der Waals surface area contributed by atoms with Crippen LogP contribution in [0.3, 0.4) is 0 Å². The molecule has 3 rings (SSSR count). The van der Waals surface area contributed by atoms with E-state index in [-0.39, 0.29) is 11.3 Å². The van der Waals surface area contributed by atoms with E-state index in [0.29, 0.717) is 17.1 Å². The smallest absolute Gasteiger partial charge is 0.259 e. The number of nitrogens with one attached hydrogen (secondary N) is 1. The van der Waals surface area contributed by atoms with Gasteiger partial charge in [-0.15, -0.1) is 0 Å². The average Bonchev–Trinajstić information content (AvgIpc) is 2.63. The van der Waals surface area contributed by atoms with Crippen LogP contribution in [-0.2, 0) is 5.41 Å². The Balaban J connectivity index is 1.78. The third kappa shape index (κ3) is 4.31. The van der Waals surface area contributed by atoms with Gasteiger partial charge in [-0.25, -0.2) is 0 Å². The van der Waals surface area contributed by atoms with Crippen LogP contribution < -0.4 is 10.1 Å². The fourth-order valence-corrected chi connectivity index (χ4v) is 2.61. The number of anilines is 1. The molecule has 0 aliphatic rings. The van der Waals surface area contributed by atoms with Gasteiger partial charge in [0.25, 0.3) is 5.91 Å². The maximum atomic E-state index is 12.7. The summed E-state index contributed by atoms with van der Waals surface area (Å²) in [6.45, 7) is 6.49. The molecule has 3 aromatic rings. The van der Waals surface area contributed by atoms with Gasteiger partial charge in [0.1, 0.15) is 11.5 Å². The van der Waals surface area contributed by atoms with E-state index in [0.717, 1.165) is 5.69 Å². The van der Waals surface area contributed by atoms with Crippen molar-refractivity contribution >= 4 is 11.6 Å². The molecule has 0 heterocycles. The summed E-state index contributed by atoms with van der Waals surface area (Å²) in [5, 5.41) is 2.94. The molecule has 1 N–H and O–H groups in total. The first-order valence-corrected chi connectivity index (χ1v) is 8.67. The van der Waals surface area contributed by atoms with Gasteiger partial charge >= 0.3 is 0 Å². The SMILES string of the molecule is CC(C)(C)c1ccc(NC(=O)c2ccccc2Oc2ccccc2)cc1. The van der Waals surface area contributed by atoms with Crippen molar-refractivity contribution in [1.29, 1.82) is 0 Å². The fraction of sp³-hybridized carbons (Fsp3) is 0.174. The highest BCUT2D eigenvalue weighted by molar-refractivity contribution is 6.06. The molecule has 0 saturated carbocycles. The minimum absolute atomic E-state index is 0.0820. The van der Waals surface area contributed by atoms with E-state index < -0.39 is 0 Å². The van der Waals surface area contributed by atoms with Gasteiger partial charge in [-0.2, -0.15) is 0 Å². The molecule has 0 saturated heterocycles. The first-order chi connectivity index (χ1) is 12.4. The predicted octanol–water partition coefficient (Wildman–Crippen LogP) is 6.03. The van der Waals surface area contributed by atoms with E-state index in [1.165, 1.54) is 5.56 Å². The molecule has 0 radical (unpaired) electrons. The van der Waals surface area contributed by atoms with Crippen molar-refractivity contribution in [1.82, 2.24) is 0 Å². The molecule has 26 heavy (non-hydrogen) atoms. The third-order valence-corrected chi connectivity index (χ3v) is 4.11. The van der Waals surface area contributed by atoms with E-state index in [1.54, 1.807) is 12.1 Å². The van der Waals surface area contributed by atoms with Crippen LogP contribution in [0.15, 0.2) is 78.9 Å². The molecule has 0 fully saturated rings. The quantitative estimate of drug-likeness (QED) is 0.627. The summed E-state index contributed by atoms with van der Waals surface area (Å²) >= 11 is 0. The van der Waals surface area contributed by atoms with Crippen LogP contribution in [0, 0.1) is 0 Å².